The zero-order valence-corrected chi connectivity index (χ0v) is 7.57. The summed E-state index contributed by atoms with van der Waals surface area (Å²) in [7, 11) is 0. The van der Waals surface area contributed by atoms with Gasteiger partial charge in [-0.25, -0.2) is 0 Å². The Bertz CT molecular complexity index is 142. The number of rotatable bonds is 1. The molecule has 0 heterocycles. The van der Waals surface area contributed by atoms with Crippen LogP contribution in [0.5, 0.6) is 0 Å². The van der Waals surface area contributed by atoms with Gasteiger partial charge in [0, 0.05) is 0 Å². The second-order valence-electron chi connectivity index (χ2n) is 2.27. The van der Waals surface area contributed by atoms with Gasteiger partial charge < -0.3 is 0 Å². The van der Waals surface area contributed by atoms with Gasteiger partial charge in [0.25, 0.3) is 0 Å². The molecule has 0 bridgehead atoms. The summed E-state index contributed by atoms with van der Waals surface area (Å²) in [5, 5.41) is 0. The van der Waals surface area contributed by atoms with Gasteiger partial charge in [-0.2, -0.15) is 0 Å². The van der Waals surface area contributed by atoms with Crippen LogP contribution in [-0.4, -0.2) is 27.9 Å². The van der Waals surface area contributed by atoms with Gasteiger partial charge in [0.1, 0.15) is 0 Å². The van der Waals surface area contributed by atoms with E-state index in [1.807, 2.05) is 0 Å². The van der Waals surface area contributed by atoms with E-state index in [-0.39, 0.29) is 0 Å². The molecular formula is C7H9Na. The summed E-state index contributed by atoms with van der Waals surface area (Å²) in [6.45, 7) is 2.23. The fourth-order valence-corrected chi connectivity index (χ4v) is 1.83. The normalized spacial score (nSPS) is 18.4. The van der Waals surface area contributed by atoms with E-state index in [0.717, 1.165) is 0 Å². The second-order valence-corrected chi connectivity index (χ2v) is 3.47. The molecule has 0 aromatic rings. The predicted molar refractivity (Wildman–Crippen MR) is 36.8 cm³/mol. The average Bonchev–Trinajstić information content (AvgIpc) is 2.14. The Balaban J connectivity index is 2.70. The van der Waals surface area contributed by atoms with E-state index in [1.165, 1.54) is 40.8 Å². The van der Waals surface area contributed by atoms with Gasteiger partial charge in [-0.05, 0) is 0 Å². The third kappa shape index (κ3) is 1.25. The first-order valence-electron chi connectivity index (χ1n) is 3.19. The summed E-state index contributed by atoms with van der Waals surface area (Å²) in [6.07, 6.45) is 7.01. The molecule has 1 aliphatic carbocycles. The van der Waals surface area contributed by atoms with Gasteiger partial charge in [0.05, 0.1) is 0 Å². The third-order valence-corrected chi connectivity index (χ3v) is 2.72. The van der Waals surface area contributed by atoms with Crippen LogP contribution < -0.4 is 0 Å². The van der Waals surface area contributed by atoms with Crippen LogP contribution >= 0.6 is 0 Å². The van der Waals surface area contributed by atoms with Crippen molar-refractivity contribution in [3.05, 3.63) is 20.5 Å². The molecule has 1 rings (SSSR count). The topological polar surface area (TPSA) is 0 Å². The third-order valence-electron chi connectivity index (χ3n) is 1.67. The summed E-state index contributed by atoms with van der Waals surface area (Å²) in [6, 6.07) is 0. The summed E-state index contributed by atoms with van der Waals surface area (Å²) in [4.78, 5) is 0. The Labute approximate surface area is 68.1 Å². The van der Waals surface area contributed by atoms with Crippen molar-refractivity contribution in [1.82, 2.24) is 0 Å². The maximum atomic E-state index is 2.27. The van der Waals surface area contributed by atoms with Crippen molar-refractivity contribution in [2.24, 2.45) is 0 Å². The molecule has 0 unspecified atom stereocenters. The van der Waals surface area contributed by atoms with Crippen molar-refractivity contribution < 1.29 is 0 Å². The average molecular weight is 116 g/mol. The van der Waals surface area contributed by atoms with Crippen LogP contribution in [0.2, 0.25) is 0 Å². The molecule has 1 aliphatic rings. The van der Waals surface area contributed by atoms with Crippen molar-refractivity contribution in [2.75, 3.05) is 0 Å². The summed E-state index contributed by atoms with van der Waals surface area (Å²) >= 11 is 1.26. The molecule has 0 aromatic heterocycles. The fourth-order valence-electron chi connectivity index (χ4n) is 1.07. The maximum absolute atomic E-state index is 2.27. The molecule has 0 atom stereocenters. The molecule has 0 aromatic carbocycles. The van der Waals surface area contributed by atoms with Crippen molar-refractivity contribution in [3.8, 4) is 0 Å². The molecular weight excluding hydrogens is 107 g/mol. The minimum atomic E-state index is 1.23. The molecule has 0 radical (unpaired) electrons. The number of hydrogen-bond donors (Lipinski definition) is 0. The monoisotopic (exact) mass is 116 g/mol. The van der Waals surface area contributed by atoms with E-state index in [2.05, 4.69) is 19.1 Å². The minimum absolute atomic E-state index is 1.23. The molecule has 0 saturated carbocycles. The zero-order valence-electron chi connectivity index (χ0n) is 5.57. The number of hydrogen-bond acceptors (Lipinski definition) is 0. The standard InChI is InChI=1S/C7H9.Na/c1-2-7-5-3-4-6-7;/h3,5H,2,4H2,1H3;. The summed E-state index contributed by atoms with van der Waals surface area (Å²) in [5.74, 6) is 0. The van der Waals surface area contributed by atoms with Gasteiger partial charge >= 0.3 is 68.2 Å². The summed E-state index contributed by atoms with van der Waals surface area (Å²) < 4.78 is 1.69. The van der Waals surface area contributed by atoms with Crippen molar-refractivity contribution in [2.45, 2.75) is 19.8 Å². The zero-order chi connectivity index (χ0) is 5.98. The molecule has 0 nitrogen and oxygen atoms in total. The van der Waals surface area contributed by atoms with E-state index in [1.54, 1.807) is 8.40 Å². The van der Waals surface area contributed by atoms with Crippen LogP contribution in [0.4, 0.5) is 0 Å². The van der Waals surface area contributed by atoms with Gasteiger partial charge in [0.15, 0.2) is 0 Å². The molecule has 0 saturated heterocycles. The van der Waals surface area contributed by atoms with E-state index in [0.29, 0.717) is 0 Å². The number of allylic oxidation sites excluding steroid dienone is 4. The van der Waals surface area contributed by atoms with E-state index < -0.39 is 0 Å². The first kappa shape index (κ1) is 6.60. The Morgan fingerprint density at radius 3 is 2.75 bits per heavy atom. The molecule has 8 heavy (non-hydrogen) atoms. The molecule has 0 fully saturated rings. The van der Waals surface area contributed by atoms with E-state index in [4.69, 9.17) is 0 Å². The Kier molecular flexibility index (Phi) is 2.36. The quantitative estimate of drug-likeness (QED) is 0.458. The molecule has 0 N–H and O–H groups in total. The first-order valence-corrected chi connectivity index (χ1v) is 4.19. The van der Waals surface area contributed by atoms with Crippen molar-refractivity contribution in [3.63, 3.8) is 0 Å². The molecule has 0 amide bonds. The van der Waals surface area contributed by atoms with Gasteiger partial charge in [0.2, 0.25) is 0 Å². The SMILES string of the molecule is CCC1=[C]([Na])CC=C1. The van der Waals surface area contributed by atoms with Gasteiger partial charge in [-0.15, -0.1) is 0 Å². The molecule has 0 aliphatic heterocycles. The van der Waals surface area contributed by atoms with Crippen LogP contribution in [0, 0.1) is 0 Å². The van der Waals surface area contributed by atoms with Gasteiger partial charge in [-0.1, -0.05) is 0 Å². The van der Waals surface area contributed by atoms with E-state index in [9.17, 15) is 0 Å². The van der Waals surface area contributed by atoms with Gasteiger partial charge in [-0.3, -0.25) is 0 Å². The van der Waals surface area contributed by atoms with Crippen LogP contribution in [0.15, 0.2) is 20.5 Å². The molecule has 1 heteroatoms. The molecule has 38 valence electrons. The Morgan fingerprint density at radius 2 is 2.50 bits per heavy atom. The second kappa shape index (κ2) is 2.86. The Morgan fingerprint density at radius 1 is 1.75 bits per heavy atom. The van der Waals surface area contributed by atoms with Crippen molar-refractivity contribution in [1.29, 1.82) is 0 Å². The van der Waals surface area contributed by atoms with E-state index >= 15 is 0 Å². The fraction of sp³-hybridized carbons (Fsp3) is 0.429. The van der Waals surface area contributed by atoms with Crippen molar-refractivity contribution >= 4 is 27.9 Å². The van der Waals surface area contributed by atoms with Crippen LogP contribution in [0.1, 0.15) is 19.8 Å². The summed E-state index contributed by atoms with van der Waals surface area (Å²) in [5.41, 5.74) is 1.59. The van der Waals surface area contributed by atoms with Crippen LogP contribution in [0.3, 0.4) is 0 Å². The van der Waals surface area contributed by atoms with Crippen LogP contribution in [-0.2, 0) is 0 Å². The molecule has 0 spiro atoms. The first-order chi connectivity index (χ1) is 3.84. The van der Waals surface area contributed by atoms with Crippen LogP contribution in [0.25, 0.3) is 0 Å². The Hall–Kier alpha value is 0.480. The predicted octanol–water partition coefficient (Wildman–Crippen LogP) is 1.78.